The van der Waals surface area contributed by atoms with Crippen LogP contribution >= 0.6 is 11.3 Å². The van der Waals surface area contributed by atoms with Crippen LogP contribution in [0.1, 0.15) is 33.4 Å². The second-order valence-corrected chi connectivity index (χ2v) is 7.38. The van der Waals surface area contributed by atoms with Crippen LogP contribution in [0.2, 0.25) is 0 Å². The highest BCUT2D eigenvalue weighted by atomic mass is 32.1. The molecular weight excluding hydrogens is 322 g/mol. The summed E-state index contributed by atoms with van der Waals surface area (Å²) in [5.41, 5.74) is 2.70. The first-order valence-electron chi connectivity index (χ1n) is 7.88. The Kier molecular flexibility index (Phi) is 3.31. The van der Waals surface area contributed by atoms with Gasteiger partial charge >= 0.3 is 0 Å². The average Bonchev–Trinajstić information content (AvgIpc) is 3.04. The minimum Gasteiger partial charge on any atom is -0.305 e. The number of thiazole rings is 1. The summed E-state index contributed by atoms with van der Waals surface area (Å²) in [5, 5.41) is 0. The van der Waals surface area contributed by atoms with Crippen molar-refractivity contribution < 1.29 is 4.79 Å². The number of carbonyl (C=O) groups is 1. The van der Waals surface area contributed by atoms with E-state index >= 15 is 0 Å². The smallest absolute Gasteiger partial charge is 0.271 e. The summed E-state index contributed by atoms with van der Waals surface area (Å²) in [6.45, 7) is 5.83. The van der Waals surface area contributed by atoms with Crippen LogP contribution in [0.25, 0.3) is 4.96 Å². The lowest BCUT2D eigenvalue weighted by Crippen LogP contribution is -2.39. The Morgan fingerprint density at radius 3 is 2.83 bits per heavy atom. The molecule has 0 aliphatic carbocycles. The number of anilines is 1. The van der Waals surface area contributed by atoms with Gasteiger partial charge < -0.3 is 4.90 Å². The Labute approximate surface area is 143 Å². The summed E-state index contributed by atoms with van der Waals surface area (Å²) in [6.07, 6.45) is 2.22. The average molecular weight is 339 g/mol. The fraction of sp³-hybridized carbons (Fsp3) is 0.278. The van der Waals surface area contributed by atoms with Crippen molar-refractivity contribution in [3.8, 4) is 0 Å². The van der Waals surface area contributed by atoms with Crippen molar-refractivity contribution in [3.63, 3.8) is 0 Å². The van der Waals surface area contributed by atoms with Gasteiger partial charge in [-0.2, -0.15) is 0 Å². The molecule has 0 spiro atoms. The van der Waals surface area contributed by atoms with Gasteiger partial charge in [0.25, 0.3) is 11.5 Å². The van der Waals surface area contributed by atoms with Crippen molar-refractivity contribution in [3.05, 3.63) is 62.5 Å². The van der Waals surface area contributed by atoms with E-state index in [1.54, 1.807) is 9.30 Å². The molecule has 1 aliphatic rings. The Bertz CT molecular complexity index is 1030. The van der Waals surface area contributed by atoms with E-state index in [0.29, 0.717) is 4.96 Å². The molecule has 1 amide bonds. The third-order valence-corrected chi connectivity index (χ3v) is 5.75. The van der Waals surface area contributed by atoms with Gasteiger partial charge in [-0.3, -0.25) is 14.0 Å². The van der Waals surface area contributed by atoms with Crippen LogP contribution in [-0.4, -0.2) is 21.3 Å². The van der Waals surface area contributed by atoms with E-state index in [1.165, 1.54) is 17.5 Å². The van der Waals surface area contributed by atoms with E-state index in [9.17, 15) is 9.59 Å². The van der Waals surface area contributed by atoms with Gasteiger partial charge in [-0.15, -0.1) is 11.3 Å². The van der Waals surface area contributed by atoms with Crippen LogP contribution < -0.4 is 10.5 Å². The molecule has 0 bridgehead atoms. The third-order valence-electron chi connectivity index (χ3n) is 4.67. The zero-order chi connectivity index (χ0) is 17.0. The molecule has 0 saturated carbocycles. The highest BCUT2D eigenvalue weighted by Gasteiger charge is 2.33. The summed E-state index contributed by atoms with van der Waals surface area (Å²) in [5.74, 6) is -0.275. The minimum absolute atomic E-state index is 0.0281. The fourth-order valence-corrected chi connectivity index (χ4v) is 4.26. The van der Waals surface area contributed by atoms with E-state index in [-0.39, 0.29) is 23.1 Å². The van der Waals surface area contributed by atoms with Crippen LogP contribution in [0, 0.1) is 13.8 Å². The van der Waals surface area contributed by atoms with Gasteiger partial charge in [-0.25, -0.2) is 4.98 Å². The van der Waals surface area contributed by atoms with Gasteiger partial charge in [0, 0.05) is 28.5 Å². The predicted octanol–water partition coefficient (Wildman–Crippen LogP) is 2.96. The molecule has 24 heavy (non-hydrogen) atoms. The molecule has 2 aromatic heterocycles. The summed E-state index contributed by atoms with van der Waals surface area (Å²) in [6, 6.07) is 7.87. The second kappa shape index (κ2) is 5.27. The van der Waals surface area contributed by atoms with Crippen molar-refractivity contribution in [2.24, 2.45) is 0 Å². The maximum Gasteiger partial charge on any atom is 0.271 e. The quantitative estimate of drug-likeness (QED) is 0.685. The molecule has 122 valence electrons. The van der Waals surface area contributed by atoms with Gasteiger partial charge in [0.05, 0.1) is 0 Å². The SMILES string of the molecule is Cc1sc2ncc(C(=O)N3c4ccccc4CC3C)c(=O)n2c1C. The summed E-state index contributed by atoms with van der Waals surface area (Å²) in [7, 11) is 0. The number of rotatable bonds is 1. The molecule has 6 heteroatoms. The maximum atomic E-state index is 13.1. The number of aromatic nitrogens is 2. The van der Waals surface area contributed by atoms with Crippen molar-refractivity contribution in [1.82, 2.24) is 9.38 Å². The van der Waals surface area contributed by atoms with Crippen molar-refractivity contribution in [2.45, 2.75) is 33.2 Å². The van der Waals surface area contributed by atoms with Crippen LogP contribution in [0.15, 0.2) is 35.3 Å². The number of para-hydroxylation sites is 1. The first-order chi connectivity index (χ1) is 11.5. The lowest BCUT2D eigenvalue weighted by Gasteiger charge is -2.22. The largest absolute Gasteiger partial charge is 0.305 e. The molecule has 3 heterocycles. The number of aryl methyl sites for hydroxylation is 2. The highest BCUT2D eigenvalue weighted by Crippen LogP contribution is 2.32. The number of fused-ring (bicyclic) bond motifs is 2. The summed E-state index contributed by atoms with van der Waals surface area (Å²) < 4.78 is 1.54. The molecule has 5 nitrogen and oxygen atoms in total. The van der Waals surface area contributed by atoms with Crippen LogP contribution in [0.4, 0.5) is 5.69 Å². The van der Waals surface area contributed by atoms with Gasteiger partial charge in [-0.1, -0.05) is 18.2 Å². The number of amides is 1. The molecule has 1 aliphatic heterocycles. The Morgan fingerprint density at radius 1 is 1.29 bits per heavy atom. The zero-order valence-electron chi connectivity index (χ0n) is 13.7. The molecular formula is C18H17N3O2S. The standard InChI is InChI=1S/C18H17N3O2S/c1-10-8-13-6-4-5-7-15(13)20(10)16(22)14-9-19-18-21(17(14)23)11(2)12(3)24-18/h4-7,9-10H,8H2,1-3H3. The van der Waals surface area contributed by atoms with Crippen LogP contribution in [-0.2, 0) is 6.42 Å². The van der Waals surface area contributed by atoms with E-state index < -0.39 is 0 Å². The number of hydrogen-bond donors (Lipinski definition) is 0. The lowest BCUT2D eigenvalue weighted by molar-refractivity contribution is 0.0979. The fourth-order valence-electron chi connectivity index (χ4n) is 3.33. The third kappa shape index (κ3) is 2.03. The van der Waals surface area contributed by atoms with Gasteiger partial charge in [-0.05, 0) is 38.8 Å². The zero-order valence-corrected chi connectivity index (χ0v) is 14.6. The molecule has 1 aromatic carbocycles. The first-order valence-corrected chi connectivity index (χ1v) is 8.70. The predicted molar refractivity (Wildman–Crippen MR) is 95.2 cm³/mol. The van der Waals surface area contributed by atoms with Gasteiger partial charge in [0.15, 0.2) is 4.96 Å². The van der Waals surface area contributed by atoms with Crippen LogP contribution in [0.3, 0.4) is 0 Å². The maximum absolute atomic E-state index is 13.1. The Hall–Kier alpha value is -2.47. The van der Waals surface area contributed by atoms with E-state index in [0.717, 1.165) is 28.2 Å². The molecule has 4 rings (SSSR count). The number of hydrogen-bond acceptors (Lipinski definition) is 4. The molecule has 0 fully saturated rings. The first kappa shape index (κ1) is 15.1. The molecule has 0 N–H and O–H groups in total. The monoisotopic (exact) mass is 339 g/mol. The molecule has 3 aromatic rings. The minimum atomic E-state index is -0.288. The van der Waals surface area contributed by atoms with Gasteiger partial charge in [0.2, 0.25) is 0 Å². The molecule has 1 unspecified atom stereocenters. The van der Waals surface area contributed by atoms with Crippen molar-refractivity contribution in [1.29, 1.82) is 0 Å². The van der Waals surface area contributed by atoms with Crippen molar-refractivity contribution >= 4 is 27.9 Å². The normalized spacial score (nSPS) is 16.6. The highest BCUT2D eigenvalue weighted by molar-refractivity contribution is 7.17. The van der Waals surface area contributed by atoms with Gasteiger partial charge in [0.1, 0.15) is 5.56 Å². The lowest BCUT2D eigenvalue weighted by atomic mass is 10.1. The number of benzene rings is 1. The molecule has 0 saturated heterocycles. The van der Waals surface area contributed by atoms with Crippen molar-refractivity contribution in [2.75, 3.05) is 4.90 Å². The van der Waals surface area contributed by atoms with Crippen LogP contribution in [0.5, 0.6) is 0 Å². The summed E-state index contributed by atoms with van der Waals surface area (Å²) >= 11 is 1.46. The Morgan fingerprint density at radius 2 is 2.04 bits per heavy atom. The van der Waals surface area contributed by atoms with E-state index in [4.69, 9.17) is 0 Å². The van der Waals surface area contributed by atoms with E-state index in [2.05, 4.69) is 4.98 Å². The topological polar surface area (TPSA) is 54.7 Å². The number of carbonyl (C=O) groups excluding carboxylic acids is 1. The molecule has 1 atom stereocenters. The second-order valence-electron chi connectivity index (χ2n) is 6.20. The molecule has 0 radical (unpaired) electrons. The Balaban J connectivity index is 1.87. The number of nitrogens with zero attached hydrogens (tertiary/aromatic N) is 3. The van der Waals surface area contributed by atoms with E-state index in [1.807, 2.05) is 45.0 Å². The summed E-state index contributed by atoms with van der Waals surface area (Å²) in [4.78, 5) is 33.6.